The molecule has 0 unspecified atom stereocenters. The van der Waals surface area contributed by atoms with Gasteiger partial charge in [0.05, 0.1) is 10.6 Å². The first-order valence-corrected chi connectivity index (χ1v) is 12.0. The van der Waals surface area contributed by atoms with Gasteiger partial charge in [-0.3, -0.25) is 15.0 Å². The normalized spacial score (nSPS) is 17.7. The molecule has 168 valence electrons. The molecule has 2 aliphatic rings. The van der Waals surface area contributed by atoms with Gasteiger partial charge in [-0.15, -0.1) is 0 Å². The predicted molar refractivity (Wildman–Crippen MR) is 121 cm³/mol. The second kappa shape index (κ2) is 8.93. The van der Waals surface area contributed by atoms with Crippen LogP contribution in [0.2, 0.25) is 5.02 Å². The number of anilines is 1. The molecule has 2 aliphatic heterocycles. The number of amides is 2. The summed E-state index contributed by atoms with van der Waals surface area (Å²) in [7, 11) is -3.66. The number of nitrogens with one attached hydrogen (secondary N) is 1. The first-order valence-electron chi connectivity index (χ1n) is 10.2. The molecule has 2 amide bonds. The van der Waals surface area contributed by atoms with Gasteiger partial charge in [0.2, 0.25) is 15.9 Å². The molecule has 0 aromatic heterocycles. The summed E-state index contributed by atoms with van der Waals surface area (Å²) < 4.78 is 27.1. The SMILES string of the molecule is Cc1ccccc1N1NC(C(=O)N2CCN(S(=O)(=O)c3ccc(Cl)cc3)CC2)=CCC1=O. The number of piperazine rings is 1. The summed E-state index contributed by atoms with van der Waals surface area (Å²) in [6.45, 7) is 2.77. The number of carbonyl (C=O) groups is 2. The molecule has 1 saturated heterocycles. The maximum absolute atomic E-state index is 13.1. The number of halogens is 1. The molecule has 10 heteroatoms. The van der Waals surface area contributed by atoms with Crippen LogP contribution in [-0.2, 0) is 19.6 Å². The van der Waals surface area contributed by atoms with E-state index >= 15 is 0 Å². The molecule has 0 atom stereocenters. The molecule has 32 heavy (non-hydrogen) atoms. The summed E-state index contributed by atoms with van der Waals surface area (Å²) in [4.78, 5) is 27.2. The molecular formula is C22H23ClN4O4S. The van der Waals surface area contributed by atoms with Crippen LogP contribution in [0.5, 0.6) is 0 Å². The van der Waals surface area contributed by atoms with Gasteiger partial charge in [0.1, 0.15) is 5.70 Å². The minimum absolute atomic E-state index is 0.104. The molecule has 0 saturated carbocycles. The maximum Gasteiger partial charge on any atom is 0.271 e. The molecule has 4 rings (SSSR count). The number of aryl methyl sites for hydroxylation is 1. The highest BCUT2D eigenvalue weighted by Gasteiger charge is 2.33. The molecule has 2 aromatic carbocycles. The Morgan fingerprint density at radius 2 is 1.66 bits per heavy atom. The smallest absolute Gasteiger partial charge is 0.271 e. The van der Waals surface area contributed by atoms with Crippen LogP contribution in [-0.4, -0.2) is 55.6 Å². The van der Waals surface area contributed by atoms with Gasteiger partial charge in [0, 0.05) is 37.6 Å². The van der Waals surface area contributed by atoms with Gasteiger partial charge in [-0.25, -0.2) is 13.4 Å². The Balaban J connectivity index is 1.43. The lowest BCUT2D eigenvalue weighted by Gasteiger charge is -2.36. The van der Waals surface area contributed by atoms with Gasteiger partial charge >= 0.3 is 0 Å². The van der Waals surface area contributed by atoms with Gasteiger partial charge in [-0.1, -0.05) is 29.8 Å². The van der Waals surface area contributed by atoms with Crippen LogP contribution in [0.1, 0.15) is 12.0 Å². The number of sulfonamides is 1. The van der Waals surface area contributed by atoms with Crippen LogP contribution >= 0.6 is 11.6 Å². The van der Waals surface area contributed by atoms with Crippen molar-refractivity contribution in [2.24, 2.45) is 0 Å². The summed E-state index contributed by atoms with van der Waals surface area (Å²) in [6.07, 6.45) is 1.68. The van der Waals surface area contributed by atoms with Crippen molar-refractivity contribution in [2.75, 3.05) is 31.2 Å². The molecule has 0 radical (unpaired) electrons. The Morgan fingerprint density at radius 1 is 1.00 bits per heavy atom. The van der Waals surface area contributed by atoms with E-state index in [1.165, 1.54) is 33.6 Å². The fourth-order valence-electron chi connectivity index (χ4n) is 3.71. The number of hydrogen-bond acceptors (Lipinski definition) is 5. The van der Waals surface area contributed by atoms with Gasteiger partial charge in [-0.2, -0.15) is 4.31 Å². The number of rotatable bonds is 4. The van der Waals surface area contributed by atoms with E-state index in [2.05, 4.69) is 5.43 Å². The minimum atomic E-state index is -3.66. The van der Waals surface area contributed by atoms with E-state index in [0.29, 0.717) is 16.4 Å². The van der Waals surface area contributed by atoms with E-state index < -0.39 is 10.0 Å². The Labute approximate surface area is 192 Å². The Hall–Kier alpha value is -2.88. The fraction of sp³-hybridized carbons (Fsp3) is 0.273. The van der Waals surface area contributed by atoms with E-state index in [-0.39, 0.29) is 49.3 Å². The number of benzene rings is 2. The summed E-state index contributed by atoms with van der Waals surface area (Å²) in [5.74, 6) is -0.422. The molecule has 0 spiro atoms. The van der Waals surface area contributed by atoms with Crippen LogP contribution in [0.25, 0.3) is 0 Å². The molecule has 1 fully saturated rings. The van der Waals surface area contributed by atoms with E-state index in [0.717, 1.165) is 5.56 Å². The van der Waals surface area contributed by atoms with Crippen LogP contribution in [0.3, 0.4) is 0 Å². The average molecular weight is 475 g/mol. The second-order valence-electron chi connectivity index (χ2n) is 7.60. The van der Waals surface area contributed by atoms with Crippen molar-refractivity contribution in [1.82, 2.24) is 14.6 Å². The number of nitrogens with zero attached hydrogens (tertiary/aromatic N) is 3. The molecule has 1 N–H and O–H groups in total. The summed E-state index contributed by atoms with van der Waals surface area (Å²) in [6, 6.07) is 13.4. The van der Waals surface area contributed by atoms with Crippen molar-refractivity contribution in [3.8, 4) is 0 Å². The number of para-hydroxylation sites is 1. The lowest BCUT2D eigenvalue weighted by molar-refractivity contribution is -0.129. The number of hydrogen-bond donors (Lipinski definition) is 1. The van der Waals surface area contributed by atoms with Crippen molar-refractivity contribution in [1.29, 1.82) is 0 Å². The average Bonchev–Trinajstić information content (AvgIpc) is 2.80. The highest BCUT2D eigenvalue weighted by atomic mass is 35.5. The first-order chi connectivity index (χ1) is 15.3. The third kappa shape index (κ3) is 4.36. The summed E-state index contributed by atoms with van der Waals surface area (Å²) in [5, 5.41) is 1.86. The van der Waals surface area contributed by atoms with Crippen LogP contribution < -0.4 is 10.4 Å². The Bertz CT molecular complexity index is 1170. The highest BCUT2D eigenvalue weighted by Crippen LogP contribution is 2.23. The zero-order chi connectivity index (χ0) is 22.9. The molecule has 2 heterocycles. The van der Waals surface area contributed by atoms with Gasteiger partial charge in [-0.05, 0) is 48.9 Å². The third-order valence-electron chi connectivity index (χ3n) is 5.53. The van der Waals surface area contributed by atoms with E-state index in [9.17, 15) is 18.0 Å². The minimum Gasteiger partial charge on any atom is -0.335 e. The summed E-state index contributed by atoms with van der Waals surface area (Å²) in [5.41, 5.74) is 4.84. The highest BCUT2D eigenvalue weighted by molar-refractivity contribution is 7.89. The van der Waals surface area contributed by atoms with Crippen LogP contribution in [0, 0.1) is 6.92 Å². The van der Waals surface area contributed by atoms with Crippen molar-refractivity contribution in [3.63, 3.8) is 0 Å². The standard InChI is InChI=1S/C22H23ClN4O4S/c1-16-4-2-3-5-20(16)27-21(28)11-10-19(24-27)22(29)25-12-14-26(15-13-25)32(30,31)18-8-6-17(23)7-9-18/h2-10,24H,11-15H2,1H3. The topological polar surface area (TPSA) is 90.0 Å². The van der Waals surface area contributed by atoms with Crippen LogP contribution in [0.15, 0.2) is 65.2 Å². The first kappa shape index (κ1) is 22.3. The van der Waals surface area contributed by atoms with E-state index in [1.54, 1.807) is 11.0 Å². The van der Waals surface area contributed by atoms with Crippen LogP contribution in [0.4, 0.5) is 5.69 Å². The Kier molecular flexibility index (Phi) is 6.23. The molecule has 2 aromatic rings. The lowest BCUT2D eigenvalue weighted by atomic mass is 10.1. The van der Waals surface area contributed by atoms with Gasteiger partial charge in [0.25, 0.3) is 5.91 Å². The maximum atomic E-state index is 13.1. The molecule has 0 bridgehead atoms. The second-order valence-corrected chi connectivity index (χ2v) is 9.97. The van der Waals surface area contributed by atoms with Crippen molar-refractivity contribution < 1.29 is 18.0 Å². The monoisotopic (exact) mass is 474 g/mol. The Morgan fingerprint density at radius 3 is 2.31 bits per heavy atom. The number of carbonyl (C=O) groups excluding carboxylic acids is 2. The zero-order valence-corrected chi connectivity index (χ0v) is 19.1. The molecule has 0 aliphatic carbocycles. The van der Waals surface area contributed by atoms with Gasteiger partial charge in [0.15, 0.2) is 0 Å². The van der Waals surface area contributed by atoms with Gasteiger partial charge < -0.3 is 4.90 Å². The van der Waals surface area contributed by atoms with E-state index in [1.807, 2.05) is 31.2 Å². The fourth-order valence-corrected chi connectivity index (χ4v) is 5.26. The van der Waals surface area contributed by atoms with Crippen molar-refractivity contribution >= 4 is 39.1 Å². The quantitative estimate of drug-likeness (QED) is 0.734. The lowest BCUT2D eigenvalue weighted by Crippen LogP contribution is -2.54. The summed E-state index contributed by atoms with van der Waals surface area (Å²) >= 11 is 5.85. The van der Waals surface area contributed by atoms with Crippen molar-refractivity contribution in [2.45, 2.75) is 18.2 Å². The third-order valence-corrected chi connectivity index (χ3v) is 7.69. The molecular weight excluding hydrogens is 452 g/mol. The largest absolute Gasteiger partial charge is 0.335 e. The number of hydrazine groups is 1. The van der Waals surface area contributed by atoms with E-state index in [4.69, 9.17) is 11.6 Å². The predicted octanol–water partition coefficient (Wildman–Crippen LogP) is 2.31. The molecule has 8 nitrogen and oxygen atoms in total. The van der Waals surface area contributed by atoms with Crippen molar-refractivity contribution in [3.05, 3.63) is 70.9 Å². The zero-order valence-electron chi connectivity index (χ0n) is 17.5.